The fourth-order valence-corrected chi connectivity index (χ4v) is 8.96. The highest BCUT2D eigenvalue weighted by Gasteiger charge is 2.75. The van der Waals surface area contributed by atoms with Crippen LogP contribution in [-0.2, 0) is 19.1 Å². The fourth-order valence-electron chi connectivity index (χ4n) is 8.96. The Hall–Kier alpha value is -2.30. The molecule has 0 radical (unpaired) electrons. The summed E-state index contributed by atoms with van der Waals surface area (Å²) in [6.45, 7) is 13.0. The SMILES string of the molecule is C=C1C[C@@H]2[C@H](CC[C@@]3(C)[C@H]2C[C@H]2OC(C)(C)O[C@]23C(=O)/C=C/c2ccccc2)[C@@]2(C)CCC(=O)C=C12. The largest absolute Gasteiger partial charge is 0.344 e. The Balaban J connectivity index is 1.39. The molecule has 4 fully saturated rings. The third kappa shape index (κ3) is 3.20. The van der Waals surface area contributed by atoms with E-state index in [2.05, 4.69) is 20.4 Å². The summed E-state index contributed by atoms with van der Waals surface area (Å²) in [5.41, 5.74) is 1.97. The van der Waals surface area contributed by atoms with Gasteiger partial charge in [0.25, 0.3) is 0 Å². The van der Waals surface area contributed by atoms with Crippen LogP contribution < -0.4 is 0 Å². The molecular weight excluding hydrogens is 448 g/mol. The van der Waals surface area contributed by atoms with Gasteiger partial charge in [0.05, 0.1) is 6.10 Å². The summed E-state index contributed by atoms with van der Waals surface area (Å²) in [4.78, 5) is 26.4. The Kier molecular flexibility index (Phi) is 5.25. The maximum atomic E-state index is 14.2. The Labute approximate surface area is 214 Å². The summed E-state index contributed by atoms with van der Waals surface area (Å²) in [6.07, 6.45) is 10.4. The van der Waals surface area contributed by atoms with Crippen molar-refractivity contribution in [1.82, 2.24) is 0 Å². The maximum Gasteiger partial charge on any atom is 0.190 e. The van der Waals surface area contributed by atoms with Crippen LogP contribution in [0.15, 0.2) is 60.2 Å². The molecule has 1 heterocycles. The molecule has 6 rings (SSSR count). The van der Waals surface area contributed by atoms with Gasteiger partial charge in [0.2, 0.25) is 0 Å². The van der Waals surface area contributed by atoms with Crippen molar-refractivity contribution in [3.05, 3.63) is 65.8 Å². The molecule has 1 aromatic carbocycles. The van der Waals surface area contributed by atoms with Gasteiger partial charge in [-0.3, -0.25) is 9.59 Å². The molecule has 4 heteroatoms. The van der Waals surface area contributed by atoms with Crippen molar-refractivity contribution in [3.8, 4) is 0 Å². The lowest BCUT2D eigenvalue weighted by atomic mass is 9.45. The number of allylic oxidation sites excluding steroid dienone is 2. The van der Waals surface area contributed by atoms with E-state index in [0.717, 1.165) is 43.2 Å². The third-order valence-corrected chi connectivity index (χ3v) is 10.5. The second-order valence-corrected chi connectivity index (χ2v) is 12.8. The molecule has 7 atom stereocenters. The first kappa shape index (κ1) is 24.1. The molecule has 0 spiro atoms. The fraction of sp³-hybridized carbons (Fsp3) is 0.562. The number of ketones is 2. The van der Waals surface area contributed by atoms with Gasteiger partial charge in [0.15, 0.2) is 23.0 Å². The summed E-state index contributed by atoms with van der Waals surface area (Å²) in [5, 5.41) is 0. The summed E-state index contributed by atoms with van der Waals surface area (Å²) in [6, 6.07) is 9.96. The molecule has 3 saturated carbocycles. The predicted molar refractivity (Wildman–Crippen MR) is 140 cm³/mol. The van der Waals surface area contributed by atoms with Crippen LogP contribution in [0.3, 0.4) is 0 Å². The number of fused-ring (bicyclic) bond motifs is 7. The zero-order valence-electron chi connectivity index (χ0n) is 22.0. The quantitative estimate of drug-likeness (QED) is 0.460. The van der Waals surface area contributed by atoms with Crippen molar-refractivity contribution in [2.24, 2.45) is 28.6 Å². The van der Waals surface area contributed by atoms with Crippen molar-refractivity contribution in [2.45, 2.75) is 83.7 Å². The first-order chi connectivity index (χ1) is 17.0. The molecule has 1 aliphatic heterocycles. The number of hydrogen-bond donors (Lipinski definition) is 0. The number of rotatable bonds is 3. The van der Waals surface area contributed by atoms with Gasteiger partial charge in [-0.1, -0.05) is 62.4 Å². The number of benzene rings is 1. The van der Waals surface area contributed by atoms with E-state index in [4.69, 9.17) is 9.47 Å². The average Bonchev–Trinajstić information content (AvgIpc) is 3.25. The molecule has 1 aromatic rings. The number of carbonyl (C=O) groups is 2. The van der Waals surface area contributed by atoms with E-state index in [1.54, 1.807) is 6.08 Å². The predicted octanol–water partition coefficient (Wildman–Crippen LogP) is 6.47. The number of carbonyl (C=O) groups excluding carboxylic acids is 2. The van der Waals surface area contributed by atoms with Crippen LogP contribution in [0, 0.1) is 28.6 Å². The summed E-state index contributed by atoms with van der Waals surface area (Å²) < 4.78 is 13.2. The van der Waals surface area contributed by atoms with E-state index in [-0.39, 0.29) is 28.5 Å². The van der Waals surface area contributed by atoms with Crippen LogP contribution in [0.2, 0.25) is 0 Å². The van der Waals surface area contributed by atoms with Gasteiger partial charge >= 0.3 is 0 Å². The van der Waals surface area contributed by atoms with Crippen LogP contribution in [0.25, 0.3) is 6.08 Å². The highest BCUT2D eigenvalue weighted by Crippen LogP contribution is 2.71. The third-order valence-electron chi connectivity index (χ3n) is 10.5. The maximum absolute atomic E-state index is 14.2. The molecule has 0 aromatic heterocycles. The van der Waals surface area contributed by atoms with Crippen molar-refractivity contribution in [3.63, 3.8) is 0 Å². The zero-order chi connectivity index (χ0) is 25.5. The highest BCUT2D eigenvalue weighted by molar-refractivity contribution is 6.02. The molecule has 0 amide bonds. The molecule has 4 aliphatic carbocycles. The van der Waals surface area contributed by atoms with Gasteiger partial charge in [-0.2, -0.15) is 0 Å². The van der Waals surface area contributed by atoms with E-state index in [0.29, 0.717) is 24.2 Å². The number of hydrogen-bond acceptors (Lipinski definition) is 4. The van der Waals surface area contributed by atoms with Crippen molar-refractivity contribution < 1.29 is 19.1 Å². The van der Waals surface area contributed by atoms with Crippen LogP contribution in [0.4, 0.5) is 0 Å². The van der Waals surface area contributed by atoms with Crippen molar-refractivity contribution >= 4 is 17.6 Å². The Morgan fingerprint density at radius 3 is 2.58 bits per heavy atom. The van der Waals surface area contributed by atoms with Gasteiger partial charge in [0.1, 0.15) is 0 Å². The molecule has 5 aliphatic rings. The molecule has 190 valence electrons. The lowest BCUT2D eigenvalue weighted by Gasteiger charge is -2.59. The normalized spacial score (nSPS) is 42.9. The summed E-state index contributed by atoms with van der Waals surface area (Å²) >= 11 is 0. The summed E-state index contributed by atoms with van der Waals surface area (Å²) in [7, 11) is 0. The second kappa shape index (κ2) is 7.85. The van der Waals surface area contributed by atoms with E-state index in [9.17, 15) is 9.59 Å². The standard InChI is InChI=1S/C32H38O4/c1-20-17-23-24(30(4)15-13-22(33)18-25(20)30)14-16-31(5)26(23)19-28-32(31,36-29(2,3)35-28)27(34)12-11-21-9-7-6-8-10-21/h6-12,18,23-24,26,28H,1,13-17,19H2,2-5H3/b12-11+/t23-,24+,26+,28-,30-,31+,32-/m1/s1. The first-order valence-corrected chi connectivity index (χ1v) is 13.6. The molecular formula is C32H38O4. The van der Waals surface area contributed by atoms with E-state index < -0.39 is 11.4 Å². The van der Waals surface area contributed by atoms with E-state index in [1.165, 1.54) is 5.57 Å². The lowest BCUT2D eigenvalue weighted by Crippen LogP contribution is -2.60. The average molecular weight is 487 g/mol. The summed E-state index contributed by atoms with van der Waals surface area (Å²) in [5.74, 6) is 0.661. The van der Waals surface area contributed by atoms with E-state index in [1.807, 2.05) is 56.3 Å². The Morgan fingerprint density at radius 2 is 1.83 bits per heavy atom. The van der Waals surface area contributed by atoms with Gasteiger partial charge < -0.3 is 9.47 Å². The monoisotopic (exact) mass is 486 g/mol. The smallest absolute Gasteiger partial charge is 0.190 e. The van der Waals surface area contributed by atoms with Crippen LogP contribution >= 0.6 is 0 Å². The van der Waals surface area contributed by atoms with Gasteiger partial charge in [-0.15, -0.1) is 0 Å². The Morgan fingerprint density at radius 1 is 1.08 bits per heavy atom. The highest BCUT2D eigenvalue weighted by atomic mass is 16.8. The molecule has 0 unspecified atom stereocenters. The lowest BCUT2D eigenvalue weighted by molar-refractivity contribution is -0.212. The Bertz CT molecular complexity index is 1190. The van der Waals surface area contributed by atoms with Crippen LogP contribution in [0.1, 0.15) is 71.8 Å². The minimum atomic E-state index is -0.988. The zero-order valence-corrected chi connectivity index (χ0v) is 22.0. The van der Waals surface area contributed by atoms with Crippen LogP contribution in [0.5, 0.6) is 0 Å². The van der Waals surface area contributed by atoms with Gasteiger partial charge in [0, 0.05) is 11.8 Å². The minimum absolute atomic E-state index is 0.0156. The molecule has 0 bridgehead atoms. The topological polar surface area (TPSA) is 52.6 Å². The van der Waals surface area contributed by atoms with Crippen LogP contribution in [-0.4, -0.2) is 29.1 Å². The first-order valence-electron chi connectivity index (χ1n) is 13.6. The molecule has 1 saturated heterocycles. The minimum Gasteiger partial charge on any atom is -0.344 e. The van der Waals surface area contributed by atoms with Gasteiger partial charge in [-0.25, -0.2) is 0 Å². The van der Waals surface area contributed by atoms with Crippen molar-refractivity contribution in [1.29, 1.82) is 0 Å². The molecule has 0 N–H and O–H groups in total. The van der Waals surface area contributed by atoms with Gasteiger partial charge in [-0.05, 0) is 92.4 Å². The molecule has 4 nitrogen and oxygen atoms in total. The van der Waals surface area contributed by atoms with E-state index >= 15 is 0 Å². The second-order valence-electron chi connectivity index (χ2n) is 12.8. The molecule has 36 heavy (non-hydrogen) atoms. The van der Waals surface area contributed by atoms with Crippen molar-refractivity contribution in [2.75, 3.05) is 0 Å². The number of ether oxygens (including phenoxy) is 2.